The number of hydrogen-bond donors (Lipinski definition) is 0. The average Bonchev–Trinajstić information content (AvgIpc) is 3.11. The van der Waals surface area contributed by atoms with Gasteiger partial charge in [0.15, 0.2) is 5.78 Å². The van der Waals surface area contributed by atoms with Crippen molar-refractivity contribution in [2.75, 3.05) is 18.6 Å². The lowest BCUT2D eigenvalue weighted by Crippen LogP contribution is -2.09. The lowest BCUT2D eigenvalue weighted by atomic mass is 10.0. The zero-order valence-corrected chi connectivity index (χ0v) is 27.8. The number of Topliss-reactive ketones (excluding diaryl/α,β-unsaturated/α-hetero) is 1. The molecule has 0 aliphatic rings. The van der Waals surface area contributed by atoms with Crippen LogP contribution >= 0.6 is 0 Å². The second kappa shape index (κ2) is 16.8. The SMILES string of the molecule is COc1cccc(/C=C/c2ccc(N(c3ccc(C)cc3)c3ccc(/C=C/c4cccc(C(=O)CCCCOC(C)=O)c4)cc3)cc2)c1. The van der Waals surface area contributed by atoms with Crippen LogP contribution in [-0.4, -0.2) is 25.5 Å². The van der Waals surface area contributed by atoms with E-state index in [0.717, 1.165) is 45.1 Å². The number of ether oxygens (including phenoxy) is 2. The highest BCUT2D eigenvalue weighted by molar-refractivity contribution is 5.96. The molecule has 0 atom stereocenters. The maximum atomic E-state index is 12.7. The van der Waals surface area contributed by atoms with Gasteiger partial charge < -0.3 is 14.4 Å². The zero-order chi connectivity index (χ0) is 33.7. The lowest BCUT2D eigenvalue weighted by Gasteiger charge is -2.26. The van der Waals surface area contributed by atoms with E-state index in [-0.39, 0.29) is 11.8 Å². The predicted molar refractivity (Wildman–Crippen MR) is 198 cm³/mol. The van der Waals surface area contributed by atoms with Crippen LogP contribution in [0.15, 0.2) is 121 Å². The van der Waals surface area contributed by atoms with Crippen molar-refractivity contribution in [3.05, 3.63) is 155 Å². The first kappa shape index (κ1) is 33.7. The fraction of sp³-hybridized carbons (Fsp3) is 0.163. The zero-order valence-electron chi connectivity index (χ0n) is 27.8. The Kier molecular flexibility index (Phi) is 11.8. The Morgan fingerprint density at radius 1 is 0.625 bits per heavy atom. The van der Waals surface area contributed by atoms with Gasteiger partial charge >= 0.3 is 5.97 Å². The molecule has 48 heavy (non-hydrogen) atoms. The monoisotopic (exact) mass is 635 g/mol. The van der Waals surface area contributed by atoms with Crippen LogP contribution in [0.25, 0.3) is 24.3 Å². The molecular formula is C43H41NO4. The van der Waals surface area contributed by atoms with Gasteiger partial charge in [0.25, 0.3) is 0 Å². The Bertz CT molecular complexity index is 1870. The van der Waals surface area contributed by atoms with Crippen molar-refractivity contribution >= 4 is 53.1 Å². The molecular weight excluding hydrogens is 594 g/mol. The molecule has 0 saturated carbocycles. The standard InChI is InChI=1S/C43H41NO4/c1-32-13-23-39(24-14-32)44(41-27-21-35(22-28-41)16-18-37-9-7-11-42(31-37)47-3)40-25-19-34(20-26-40)15-17-36-8-6-10-38(30-36)43(46)12-4-5-29-48-33(2)45/h6-11,13-28,30-31H,4-5,12,29H2,1-3H3/b17-15+,18-16+. The number of esters is 1. The number of carbonyl (C=O) groups excluding carboxylic acids is 2. The molecule has 0 aliphatic carbocycles. The number of nitrogens with zero attached hydrogens (tertiary/aromatic N) is 1. The maximum absolute atomic E-state index is 12.7. The van der Waals surface area contributed by atoms with Crippen LogP contribution in [-0.2, 0) is 9.53 Å². The van der Waals surface area contributed by atoms with Crippen LogP contribution in [0.1, 0.15) is 64.4 Å². The van der Waals surface area contributed by atoms with Crippen molar-refractivity contribution in [2.24, 2.45) is 0 Å². The molecule has 0 fully saturated rings. The van der Waals surface area contributed by atoms with Gasteiger partial charge in [-0.3, -0.25) is 9.59 Å². The molecule has 5 aromatic rings. The number of rotatable bonds is 14. The van der Waals surface area contributed by atoms with Gasteiger partial charge in [0.1, 0.15) is 5.75 Å². The quantitative estimate of drug-likeness (QED) is 0.0526. The molecule has 0 radical (unpaired) electrons. The summed E-state index contributed by atoms with van der Waals surface area (Å²) in [7, 11) is 1.68. The molecule has 0 saturated heterocycles. The van der Waals surface area contributed by atoms with Crippen LogP contribution in [0.5, 0.6) is 5.75 Å². The van der Waals surface area contributed by atoms with E-state index in [0.29, 0.717) is 31.4 Å². The number of benzene rings is 5. The number of aryl methyl sites for hydroxylation is 1. The van der Waals surface area contributed by atoms with E-state index in [1.807, 2.05) is 48.5 Å². The normalized spacial score (nSPS) is 11.1. The second-order valence-corrected chi connectivity index (χ2v) is 11.6. The van der Waals surface area contributed by atoms with Gasteiger partial charge in [0.2, 0.25) is 0 Å². The fourth-order valence-corrected chi connectivity index (χ4v) is 5.30. The Morgan fingerprint density at radius 3 is 1.71 bits per heavy atom. The number of hydrogen-bond acceptors (Lipinski definition) is 5. The number of methoxy groups -OCH3 is 1. The number of carbonyl (C=O) groups is 2. The summed E-state index contributed by atoms with van der Waals surface area (Å²) in [5.41, 5.74) is 9.31. The minimum atomic E-state index is -0.292. The summed E-state index contributed by atoms with van der Waals surface area (Å²) in [6, 6.07) is 41.3. The average molecular weight is 636 g/mol. The third-order valence-corrected chi connectivity index (χ3v) is 7.94. The predicted octanol–water partition coefficient (Wildman–Crippen LogP) is 10.7. The van der Waals surface area contributed by atoms with E-state index < -0.39 is 0 Å². The summed E-state index contributed by atoms with van der Waals surface area (Å²) in [6.45, 7) is 3.84. The highest BCUT2D eigenvalue weighted by atomic mass is 16.5. The van der Waals surface area contributed by atoms with Gasteiger partial charge in [-0.15, -0.1) is 0 Å². The van der Waals surface area contributed by atoms with Crippen LogP contribution in [0.4, 0.5) is 17.1 Å². The van der Waals surface area contributed by atoms with Crippen molar-refractivity contribution < 1.29 is 19.1 Å². The summed E-state index contributed by atoms with van der Waals surface area (Å²) in [5.74, 6) is 0.638. The fourth-order valence-electron chi connectivity index (χ4n) is 5.30. The maximum Gasteiger partial charge on any atom is 0.302 e. The molecule has 5 aromatic carbocycles. The van der Waals surface area contributed by atoms with Crippen LogP contribution in [0.2, 0.25) is 0 Å². The van der Waals surface area contributed by atoms with Crippen LogP contribution < -0.4 is 9.64 Å². The second-order valence-electron chi connectivity index (χ2n) is 11.6. The molecule has 0 unspecified atom stereocenters. The smallest absolute Gasteiger partial charge is 0.302 e. The Balaban J connectivity index is 1.29. The van der Waals surface area contributed by atoms with Crippen LogP contribution in [0.3, 0.4) is 0 Å². The van der Waals surface area contributed by atoms with Gasteiger partial charge in [-0.25, -0.2) is 0 Å². The van der Waals surface area contributed by atoms with Gasteiger partial charge in [0, 0.05) is 36.0 Å². The topological polar surface area (TPSA) is 55.8 Å². The molecule has 0 bridgehead atoms. The van der Waals surface area contributed by atoms with Gasteiger partial charge in [-0.2, -0.15) is 0 Å². The molecule has 5 rings (SSSR count). The first-order valence-corrected chi connectivity index (χ1v) is 16.2. The first-order chi connectivity index (χ1) is 23.4. The van der Waals surface area contributed by atoms with E-state index in [1.54, 1.807) is 7.11 Å². The molecule has 0 N–H and O–H groups in total. The van der Waals surface area contributed by atoms with E-state index in [2.05, 4.69) is 109 Å². The van der Waals surface area contributed by atoms with Gasteiger partial charge in [0.05, 0.1) is 13.7 Å². The summed E-state index contributed by atoms with van der Waals surface area (Å²) < 4.78 is 10.3. The molecule has 242 valence electrons. The summed E-state index contributed by atoms with van der Waals surface area (Å²) >= 11 is 0. The minimum absolute atomic E-state index is 0.0922. The third kappa shape index (κ3) is 9.66. The minimum Gasteiger partial charge on any atom is -0.497 e. The Labute approximate surface area is 283 Å². The molecule has 0 amide bonds. The van der Waals surface area contributed by atoms with Crippen LogP contribution in [0, 0.1) is 6.92 Å². The number of unbranched alkanes of at least 4 members (excludes halogenated alkanes) is 1. The highest BCUT2D eigenvalue weighted by Gasteiger charge is 2.12. The van der Waals surface area contributed by atoms with E-state index >= 15 is 0 Å². The molecule has 5 nitrogen and oxygen atoms in total. The Hall–Kier alpha value is -5.68. The third-order valence-electron chi connectivity index (χ3n) is 7.94. The molecule has 5 heteroatoms. The van der Waals surface area contributed by atoms with Crippen molar-refractivity contribution in [2.45, 2.75) is 33.1 Å². The van der Waals surface area contributed by atoms with E-state index in [9.17, 15) is 9.59 Å². The lowest BCUT2D eigenvalue weighted by molar-refractivity contribution is -0.141. The molecule has 0 spiro atoms. The molecule has 0 aliphatic heterocycles. The van der Waals surface area contributed by atoms with E-state index in [4.69, 9.17) is 9.47 Å². The largest absolute Gasteiger partial charge is 0.497 e. The first-order valence-electron chi connectivity index (χ1n) is 16.2. The Morgan fingerprint density at radius 2 is 1.15 bits per heavy atom. The highest BCUT2D eigenvalue weighted by Crippen LogP contribution is 2.35. The van der Waals surface area contributed by atoms with Crippen molar-refractivity contribution in [3.63, 3.8) is 0 Å². The van der Waals surface area contributed by atoms with Gasteiger partial charge in [-0.05, 0) is 96.6 Å². The summed E-state index contributed by atoms with van der Waals surface area (Å²) in [4.78, 5) is 25.9. The van der Waals surface area contributed by atoms with Crippen molar-refractivity contribution in [1.82, 2.24) is 0 Å². The van der Waals surface area contributed by atoms with Crippen molar-refractivity contribution in [1.29, 1.82) is 0 Å². The van der Waals surface area contributed by atoms with Gasteiger partial charge in [-0.1, -0.05) is 96.6 Å². The number of ketones is 1. The summed E-state index contributed by atoms with van der Waals surface area (Å²) in [6.07, 6.45) is 10.1. The number of anilines is 3. The summed E-state index contributed by atoms with van der Waals surface area (Å²) in [5, 5.41) is 0. The molecule has 0 aromatic heterocycles. The molecule has 0 heterocycles. The van der Waals surface area contributed by atoms with Crippen molar-refractivity contribution in [3.8, 4) is 5.75 Å². The van der Waals surface area contributed by atoms with E-state index in [1.165, 1.54) is 12.5 Å².